The van der Waals surface area contributed by atoms with E-state index in [0.29, 0.717) is 13.2 Å². The van der Waals surface area contributed by atoms with Crippen molar-refractivity contribution in [3.63, 3.8) is 0 Å². The topological polar surface area (TPSA) is 60.6 Å². The Labute approximate surface area is 115 Å². The Morgan fingerprint density at radius 3 is 2.58 bits per heavy atom. The molecule has 2 N–H and O–H groups in total. The molecule has 5 heteroatoms. The Kier molecular flexibility index (Phi) is 8.33. The number of hydrogen-bond donors (Lipinski definition) is 1. The zero-order valence-electron chi connectivity index (χ0n) is 11.9. The van der Waals surface area contributed by atoms with Gasteiger partial charge in [-0.05, 0) is 18.6 Å². The molecule has 0 spiro atoms. The maximum atomic E-state index is 5.93. The van der Waals surface area contributed by atoms with Gasteiger partial charge in [0, 0.05) is 46.7 Å². The second-order valence-electron chi connectivity index (χ2n) is 4.38. The molecule has 1 atom stereocenters. The molecule has 1 aromatic heterocycles. The molecule has 1 rings (SSSR count). The predicted molar refractivity (Wildman–Crippen MR) is 76.0 cm³/mol. The lowest BCUT2D eigenvalue weighted by Gasteiger charge is -2.30. The first kappa shape index (κ1) is 16.0. The Morgan fingerprint density at radius 2 is 2.00 bits per heavy atom. The second kappa shape index (κ2) is 9.86. The highest BCUT2D eigenvalue weighted by Crippen LogP contribution is 2.17. The summed E-state index contributed by atoms with van der Waals surface area (Å²) < 4.78 is 10.3. The predicted octanol–water partition coefficient (Wildman–Crippen LogP) is 1.07. The Balaban J connectivity index is 2.68. The van der Waals surface area contributed by atoms with Crippen LogP contribution in [0.3, 0.4) is 0 Å². The van der Waals surface area contributed by atoms with Gasteiger partial charge in [0.2, 0.25) is 0 Å². The molecule has 19 heavy (non-hydrogen) atoms. The number of nitrogens with two attached hydrogens (primary N) is 1. The highest BCUT2D eigenvalue weighted by atomic mass is 16.5. The number of ether oxygens (including phenoxy) is 2. The molecule has 0 aliphatic rings. The van der Waals surface area contributed by atoms with Crippen molar-refractivity contribution in [1.29, 1.82) is 0 Å². The third-order valence-electron chi connectivity index (χ3n) is 3.07. The number of rotatable bonds is 10. The molecule has 0 amide bonds. The zero-order valence-corrected chi connectivity index (χ0v) is 11.9. The molecule has 108 valence electrons. The molecular weight excluding hydrogens is 242 g/mol. The van der Waals surface area contributed by atoms with E-state index >= 15 is 0 Å². The van der Waals surface area contributed by atoms with Crippen molar-refractivity contribution >= 4 is 0 Å². The van der Waals surface area contributed by atoms with Crippen molar-refractivity contribution in [2.75, 3.05) is 47.1 Å². The Bertz CT molecular complexity index is 322. The van der Waals surface area contributed by atoms with Crippen LogP contribution in [-0.4, -0.2) is 57.0 Å². The van der Waals surface area contributed by atoms with Gasteiger partial charge in [-0.25, -0.2) is 0 Å². The zero-order chi connectivity index (χ0) is 13.9. The minimum Gasteiger partial charge on any atom is -0.385 e. The third-order valence-corrected chi connectivity index (χ3v) is 3.07. The molecule has 0 aromatic carbocycles. The number of pyridine rings is 1. The Morgan fingerprint density at radius 1 is 1.21 bits per heavy atom. The van der Waals surface area contributed by atoms with Gasteiger partial charge in [-0.2, -0.15) is 0 Å². The van der Waals surface area contributed by atoms with Crippen LogP contribution in [0.4, 0.5) is 0 Å². The first-order chi connectivity index (χ1) is 9.33. The van der Waals surface area contributed by atoms with E-state index in [1.807, 2.05) is 24.4 Å². The molecule has 0 saturated heterocycles. The van der Waals surface area contributed by atoms with Crippen molar-refractivity contribution < 1.29 is 9.47 Å². The number of methoxy groups -OCH3 is 2. The van der Waals surface area contributed by atoms with Gasteiger partial charge in [-0.3, -0.25) is 9.88 Å². The van der Waals surface area contributed by atoms with Crippen molar-refractivity contribution in [2.24, 2.45) is 5.73 Å². The lowest BCUT2D eigenvalue weighted by molar-refractivity contribution is 0.107. The Hall–Kier alpha value is -1.01. The van der Waals surface area contributed by atoms with E-state index in [4.69, 9.17) is 15.2 Å². The maximum absolute atomic E-state index is 5.93. The molecule has 0 fully saturated rings. The van der Waals surface area contributed by atoms with Crippen molar-refractivity contribution in [1.82, 2.24) is 9.88 Å². The summed E-state index contributed by atoms with van der Waals surface area (Å²) in [5, 5.41) is 0. The van der Waals surface area contributed by atoms with Gasteiger partial charge in [0.05, 0.1) is 18.3 Å². The van der Waals surface area contributed by atoms with Crippen molar-refractivity contribution in [2.45, 2.75) is 12.5 Å². The number of hydrogen-bond acceptors (Lipinski definition) is 5. The van der Waals surface area contributed by atoms with Crippen LogP contribution in [0.2, 0.25) is 0 Å². The van der Waals surface area contributed by atoms with Gasteiger partial charge in [-0.15, -0.1) is 0 Å². The van der Waals surface area contributed by atoms with E-state index in [-0.39, 0.29) is 6.04 Å². The van der Waals surface area contributed by atoms with Crippen LogP contribution in [0.1, 0.15) is 18.2 Å². The van der Waals surface area contributed by atoms with Crippen LogP contribution in [0.5, 0.6) is 0 Å². The average molecular weight is 267 g/mol. The van der Waals surface area contributed by atoms with Gasteiger partial charge < -0.3 is 15.2 Å². The van der Waals surface area contributed by atoms with Crippen LogP contribution in [0.25, 0.3) is 0 Å². The number of aromatic nitrogens is 1. The molecule has 0 saturated carbocycles. The van der Waals surface area contributed by atoms with Crippen LogP contribution in [-0.2, 0) is 9.47 Å². The van der Waals surface area contributed by atoms with Gasteiger partial charge in [-0.1, -0.05) is 6.07 Å². The van der Waals surface area contributed by atoms with Crippen molar-refractivity contribution in [3.05, 3.63) is 30.1 Å². The molecule has 1 heterocycles. The summed E-state index contributed by atoms with van der Waals surface area (Å²) in [7, 11) is 3.43. The van der Waals surface area contributed by atoms with Gasteiger partial charge in [0.25, 0.3) is 0 Å². The monoisotopic (exact) mass is 267 g/mol. The van der Waals surface area contributed by atoms with Gasteiger partial charge in [0.15, 0.2) is 0 Å². The highest BCUT2D eigenvalue weighted by Gasteiger charge is 2.19. The molecule has 0 radical (unpaired) electrons. The summed E-state index contributed by atoms with van der Waals surface area (Å²) in [6.45, 7) is 3.77. The first-order valence-electron chi connectivity index (χ1n) is 6.66. The fourth-order valence-electron chi connectivity index (χ4n) is 2.07. The van der Waals surface area contributed by atoms with Gasteiger partial charge in [0.1, 0.15) is 0 Å². The minimum absolute atomic E-state index is 0.133. The average Bonchev–Trinajstić information content (AvgIpc) is 2.46. The summed E-state index contributed by atoms with van der Waals surface area (Å²) >= 11 is 0. The molecule has 0 bridgehead atoms. The number of nitrogens with zero attached hydrogens (tertiary/aromatic N) is 2. The standard InChI is InChI=1S/C14H25N3O2/c1-18-10-5-8-17(9-11-19-2)14(12-15)13-6-3-4-7-16-13/h3-4,6-7,14H,5,8-12,15H2,1-2H3. The quantitative estimate of drug-likeness (QED) is 0.642. The smallest absolute Gasteiger partial charge is 0.0645 e. The van der Waals surface area contributed by atoms with E-state index in [1.54, 1.807) is 14.2 Å². The summed E-state index contributed by atoms with van der Waals surface area (Å²) in [6.07, 6.45) is 2.78. The van der Waals surface area contributed by atoms with E-state index in [1.165, 1.54) is 0 Å². The molecular formula is C14H25N3O2. The fraction of sp³-hybridized carbons (Fsp3) is 0.643. The van der Waals surface area contributed by atoms with E-state index in [2.05, 4.69) is 9.88 Å². The van der Waals surface area contributed by atoms with Crippen LogP contribution < -0.4 is 5.73 Å². The van der Waals surface area contributed by atoms with E-state index < -0.39 is 0 Å². The fourth-order valence-corrected chi connectivity index (χ4v) is 2.07. The summed E-state index contributed by atoms with van der Waals surface area (Å²) in [5.41, 5.74) is 6.94. The first-order valence-corrected chi connectivity index (χ1v) is 6.66. The minimum atomic E-state index is 0.133. The SMILES string of the molecule is COCCCN(CCOC)C(CN)c1ccccn1. The second-order valence-corrected chi connectivity index (χ2v) is 4.38. The largest absolute Gasteiger partial charge is 0.385 e. The summed E-state index contributed by atoms with van der Waals surface area (Å²) in [4.78, 5) is 6.72. The lowest BCUT2D eigenvalue weighted by atomic mass is 10.1. The lowest BCUT2D eigenvalue weighted by Crippen LogP contribution is -2.37. The molecule has 0 aliphatic carbocycles. The van der Waals surface area contributed by atoms with Crippen LogP contribution in [0.15, 0.2) is 24.4 Å². The highest BCUT2D eigenvalue weighted by molar-refractivity contribution is 5.09. The van der Waals surface area contributed by atoms with Crippen LogP contribution >= 0.6 is 0 Å². The third kappa shape index (κ3) is 5.65. The molecule has 1 unspecified atom stereocenters. The van der Waals surface area contributed by atoms with Gasteiger partial charge >= 0.3 is 0 Å². The normalized spacial score (nSPS) is 12.8. The van der Waals surface area contributed by atoms with E-state index in [9.17, 15) is 0 Å². The molecule has 5 nitrogen and oxygen atoms in total. The maximum Gasteiger partial charge on any atom is 0.0645 e. The van der Waals surface area contributed by atoms with Crippen molar-refractivity contribution in [3.8, 4) is 0 Å². The summed E-state index contributed by atoms with van der Waals surface area (Å²) in [6, 6.07) is 6.07. The molecule has 0 aliphatic heterocycles. The van der Waals surface area contributed by atoms with E-state index in [0.717, 1.165) is 31.8 Å². The van der Waals surface area contributed by atoms with Crippen LogP contribution in [0, 0.1) is 0 Å². The summed E-state index contributed by atoms with van der Waals surface area (Å²) in [5.74, 6) is 0. The molecule has 1 aromatic rings.